The van der Waals surface area contributed by atoms with Crippen LogP contribution in [0.3, 0.4) is 0 Å². The smallest absolute Gasteiger partial charge is 0.264 e. The summed E-state index contributed by atoms with van der Waals surface area (Å²) in [6.07, 6.45) is 5.93. The molecule has 6 heteroatoms. The van der Waals surface area contributed by atoms with E-state index in [2.05, 4.69) is 5.32 Å². The first-order valence-corrected chi connectivity index (χ1v) is 9.43. The molecule has 3 unspecified atom stereocenters. The van der Waals surface area contributed by atoms with Crippen molar-refractivity contribution in [2.45, 2.75) is 50.6 Å². The van der Waals surface area contributed by atoms with E-state index in [9.17, 15) is 9.59 Å². The third-order valence-corrected chi connectivity index (χ3v) is 5.95. The minimum atomic E-state index is -0.336. The number of carbonyl (C=O) groups is 2. The van der Waals surface area contributed by atoms with Gasteiger partial charge in [0.2, 0.25) is 5.91 Å². The number of hydrogen-bond acceptors (Lipinski definition) is 4. The molecule has 3 rings (SSSR count). The third-order valence-electron chi connectivity index (χ3n) is 5.09. The third kappa shape index (κ3) is 3.58. The Morgan fingerprint density at radius 1 is 1.26 bits per heavy atom. The maximum absolute atomic E-state index is 12.8. The van der Waals surface area contributed by atoms with Crippen LogP contribution in [0.25, 0.3) is 0 Å². The maximum Gasteiger partial charge on any atom is 0.264 e. The Hall–Kier alpha value is -1.40. The summed E-state index contributed by atoms with van der Waals surface area (Å²) in [6, 6.07) is 3.55. The van der Waals surface area contributed by atoms with E-state index in [1.165, 1.54) is 11.3 Å². The van der Waals surface area contributed by atoms with Gasteiger partial charge in [0.05, 0.1) is 4.88 Å². The first-order chi connectivity index (χ1) is 11.2. The minimum absolute atomic E-state index is 0.0000406. The Kier molecular flexibility index (Phi) is 5.33. The Morgan fingerprint density at radius 2 is 2.13 bits per heavy atom. The van der Waals surface area contributed by atoms with Gasteiger partial charge < -0.3 is 16.0 Å². The van der Waals surface area contributed by atoms with Crippen molar-refractivity contribution in [2.24, 2.45) is 11.7 Å². The van der Waals surface area contributed by atoms with Gasteiger partial charge in [-0.3, -0.25) is 9.59 Å². The lowest BCUT2D eigenvalue weighted by atomic mass is 9.99. The zero-order valence-electron chi connectivity index (χ0n) is 13.4. The van der Waals surface area contributed by atoms with E-state index < -0.39 is 0 Å². The summed E-state index contributed by atoms with van der Waals surface area (Å²) in [7, 11) is 0. The van der Waals surface area contributed by atoms with Gasteiger partial charge >= 0.3 is 0 Å². The molecule has 1 saturated heterocycles. The molecule has 23 heavy (non-hydrogen) atoms. The molecule has 2 fully saturated rings. The Balaban J connectivity index is 1.68. The highest BCUT2D eigenvalue weighted by Crippen LogP contribution is 2.26. The summed E-state index contributed by atoms with van der Waals surface area (Å²) >= 11 is 1.44. The van der Waals surface area contributed by atoms with Gasteiger partial charge in [-0.25, -0.2) is 0 Å². The fourth-order valence-electron chi connectivity index (χ4n) is 3.78. The molecule has 0 radical (unpaired) electrons. The molecule has 1 aromatic rings. The van der Waals surface area contributed by atoms with E-state index in [-0.39, 0.29) is 23.9 Å². The number of thiophene rings is 1. The number of nitrogens with one attached hydrogen (secondary N) is 1. The van der Waals surface area contributed by atoms with E-state index in [0.717, 1.165) is 38.5 Å². The van der Waals surface area contributed by atoms with Crippen LogP contribution in [0.2, 0.25) is 0 Å². The van der Waals surface area contributed by atoms with Crippen molar-refractivity contribution in [1.82, 2.24) is 10.2 Å². The molecule has 3 atom stereocenters. The largest absolute Gasteiger partial charge is 0.351 e. The van der Waals surface area contributed by atoms with Crippen LogP contribution in [0.15, 0.2) is 17.5 Å². The second-order valence-electron chi connectivity index (χ2n) is 6.53. The molecule has 5 nitrogen and oxygen atoms in total. The molecule has 2 aliphatic rings. The second-order valence-corrected chi connectivity index (χ2v) is 7.48. The minimum Gasteiger partial charge on any atom is -0.351 e. The van der Waals surface area contributed by atoms with Crippen molar-refractivity contribution in [2.75, 3.05) is 13.1 Å². The maximum atomic E-state index is 12.8. The highest BCUT2D eigenvalue weighted by Gasteiger charge is 2.35. The molecule has 0 spiro atoms. The highest BCUT2D eigenvalue weighted by molar-refractivity contribution is 7.12. The van der Waals surface area contributed by atoms with Crippen molar-refractivity contribution in [1.29, 1.82) is 0 Å². The lowest BCUT2D eigenvalue weighted by Crippen LogP contribution is -2.54. The molecule has 3 N–H and O–H groups in total. The van der Waals surface area contributed by atoms with Crippen LogP contribution in [0, 0.1) is 5.92 Å². The van der Waals surface area contributed by atoms with Gasteiger partial charge in [-0.2, -0.15) is 0 Å². The van der Waals surface area contributed by atoms with Gasteiger partial charge in [-0.1, -0.05) is 12.5 Å². The number of hydrogen-bond donors (Lipinski definition) is 2. The summed E-state index contributed by atoms with van der Waals surface area (Å²) in [6.45, 7) is 1.28. The highest BCUT2D eigenvalue weighted by atomic mass is 32.1. The quantitative estimate of drug-likeness (QED) is 0.883. The van der Waals surface area contributed by atoms with Crippen LogP contribution in [-0.4, -0.2) is 41.9 Å². The number of piperidine rings is 1. The molecular formula is C17H25N3O2S. The topological polar surface area (TPSA) is 75.4 Å². The molecule has 1 aliphatic carbocycles. The van der Waals surface area contributed by atoms with Crippen LogP contribution in [0.4, 0.5) is 0 Å². The fourth-order valence-corrected chi connectivity index (χ4v) is 4.46. The first kappa shape index (κ1) is 16.5. The predicted octanol–water partition coefficient (Wildman–Crippen LogP) is 1.99. The summed E-state index contributed by atoms with van der Waals surface area (Å²) in [5.74, 6) is 0.366. The van der Waals surface area contributed by atoms with Gasteiger partial charge in [0.25, 0.3) is 5.91 Å². The Labute approximate surface area is 141 Å². The number of nitrogens with zero attached hydrogens (tertiary/aromatic N) is 1. The molecular weight excluding hydrogens is 310 g/mol. The molecule has 1 saturated carbocycles. The summed E-state index contributed by atoms with van der Waals surface area (Å²) in [5, 5.41) is 5.07. The number of rotatable bonds is 4. The van der Waals surface area contributed by atoms with Gasteiger partial charge in [0.15, 0.2) is 0 Å². The standard InChI is InChI=1S/C17H25N3O2S/c18-11-12-5-3-6-13(12)19-16(21)14-7-1-2-9-20(14)17(22)15-8-4-10-23-15/h4,8,10,12-14H,1-3,5-7,9,11,18H2,(H,19,21). The summed E-state index contributed by atoms with van der Waals surface area (Å²) in [5.41, 5.74) is 5.80. The van der Waals surface area contributed by atoms with Gasteiger partial charge in [0, 0.05) is 12.6 Å². The van der Waals surface area contributed by atoms with Crippen molar-refractivity contribution >= 4 is 23.2 Å². The lowest BCUT2D eigenvalue weighted by Gasteiger charge is -2.35. The monoisotopic (exact) mass is 335 g/mol. The number of nitrogens with two attached hydrogens (primary N) is 1. The van der Waals surface area contributed by atoms with E-state index >= 15 is 0 Å². The van der Waals surface area contributed by atoms with Crippen molar-refractivity contribution < 1.29 is 9.59 Å². The van der Waals surface area contributed by atoms with Crippen LogP contribution in [-0.2, 0) is 4.79 Å². The van der Waals surface area contributed by atoms with Gasteiger partial charge in [-0.05, 0) is 56.0 Å². The Morgan fingerprint density at radius 3 is 2.87 bits per heavy atom. The average Bonchev–Trinajstić information content (AvgIpc) is 3.25. The number of carbonyl (C=O) groups excluding carboxylic acids is 2. The van der Waals surface area contributed by atoms with E-state index in [1.807, 2.05) is 17.5 Å². The van der Waals surface area contributed by atoms with Gasteiger partial charge in [0.1, 0.15) is 6.04 Å². The van der Waals surface area contributed by atoms with E-state index in [0.29, 0.717) is 23.9 Å². The summed E-state index contributed by atoms with van der Waals surface area (Å²) in [4.78, 5) is 27.9. The first-order valence-electron chi connectivity index (χ1n) is 8.55. The van der Waals surface area contributed by atoms with Crippen LogP contribution in [0.5, 0.6) is 0 Å². The Bertz CT molecular complexity index is 546. The SMILES string of the molecule is NCC1CCCC1NC(=O)C1CCCCN1C(=O)c1cccs1. The molecule has 2 amide bonds. The molecule has 0 bridgehead atoms. The molecule has 1 aliphatic heterocycles. The fraction of sp³-hybridized carbons (Fsp3) is 0.647. The van der Waals surface area contributed by atoms with Gasteiger partial charge in [-0.15, -0.1) is 11.3 Å². The van der Waals surface area contributed by atoms with Crippen molar-refractivity contribution in [3.8, 4) is 0 Å². The van der Waals surface area contributed by atoms with Crippen LogP contribution in [0.1, 0.15) is 48.2 Å². The average molecular weight is 335 g/mol. The van der Waals surface area contributed by atoms with Crippen LogP contribution < -0.4 is 11.1 Å². The van der Waals surface area contributed by atoms with Crippen molar-refractivity contribution in [3.63, 3.8) is 0 Å². The lowest BCUT2D eigenvalue weighted by molar-refractivity contribution is -0.127. The van der Waals surface area contributed by atoms with E-state index in [4.69, 9.17) is 5.73 Å². The number of amides is 2. The molecule has 126 valence electrons. The zero-order chi connectivity index (χ0) is 16.2. The summed E-state index contributed by atoms with van der Waals surface area (Å²) < 4.78 is 0. The van der Waals surface area contributed by atoms with Crippen LogP contribution >= 0.6 is 11.3 Å². The zero-order valence-corrected chi connectivity index (χ0v) is 14.2. The molecule has 1 aromatic heterocycles. The normalized spacial score (nSPS) is 27.9. The molecule has 0 aromatic carbocycles. The van der Waals surface area contributed by atoms with Crippen molar-refractivity contribution in [3.05, 3.63) is 22.4 Å². The second kappa shape index (κ2) is 7.45. The number of likely N-dealkylation sites (tertiary alicyclic amines) is 1. The predicted molar refractivity (Wildman–Crippen MR) is 91.3 cm³/mol. The van der Waals surface area contributed by atoms with E-state index in [1.54, 1.807) is 4.90 Å². The molecule has 2 heterocycles.